The lowest BCUT2D eigenvalue weighted by molar-refractivity contribution is -0.193. The zero-order valence-electron chi connectivity index (χ0n) is 27.4. The number of alkyl halides is 12. The molecule has 2 aromatic rings. The highest BCUT2D eigenvalue weighted by Gasteiger charge is 2.51. The molecule has 4 heterocycles. The predicted octanol–water partition coefficient (Wildman–Crippen LogP) is 4.60. The summed E-state index contributed by atoms with van der Waals surface area (Å²) in [5.41, 5.74) is 1.44. The number of rotatable bonds is 6. The fraction of sp³-hybridized carbons (Fsp3) is 0.500. The van der Waals surface area contributed by atoms with E-state index in [4.69, 9.17) is 49.1 Å². The van der Waals surface area contributed by atoms with Gasteiger partial charge in [-0.2, -0.15) is 52.7 Å². The Bertz CT molecular complexity index is 1410. The fourth-order valence-corrected chi connectivity index (χ4v) is 4.33. The molecule has 2 fully saturated rings. The summed E-state index contributed by atoms with van der Waals surface area (Å²) >= 11 is 0. The highest BCUT2D eigenvalue weighted by Crippen LogP contribution is 2.40. The van der Waals surface area contributed by atoms with Gasteiger partial charge in [0.1, 0.15) is 5.75 Å². The number of nitrogens with zero attached hydrogens (tertiary/aromatic N) is 4. The van der Waals surface area contributed by atoms with Gasteiger partial charge in [0.2, 0.25) is 5.88 Å². The maximum atomic E-state index is 10.6. The van der Waals surface area contributed by atoms with Gasteiger partial charge >= 0.3 is 48.6 Å². The van der Waals surface area contributed by atoms with Crippen molar-refractivity contribution >= 4 is 23.9 Å². The van der Waals surface area contributed by atoms with Crippen molar-refractivity contribution in [3.63, 3.8) is 0 Å². The van der Waals surface area contributed by atoms with Crippen LogP contribution in [0.5, 0.6) is 11.6 Å². The Kier molecular flexibility index (Phi) is 18.4. The molecule has 4 N–H and O–H groups in total. The number of aromatic nitrogens is 2. The van der Waals surface area contributed by atoms with Crippen LogP contribution in [0.1, 0.15) is 12.0 Å². The van der Waals surface area contributed by atoms with Crippen molar-refractivity contribution in [3.05, 3.63) is 48.4 Å². The Morgan fingerprint density at radius 2 is 1.20 bits per heavy atom. The van der Waals surface area contributed by atoms with Crippen LogP contribution in [-0.2, 0) is 25.7 Å². The minimum Gasteiger partial charge on any atom is -0.492 e. The van der Waals surface area contributed by atoms with E-state index in [9.17, 15) is 52.7 Å². The molecule has 0 bridgehead atoms. The smallest absolute Gasteiger partial charge is 0.490 e. The number of halogens is 12. The third-order valence-electron chi connectivity index (χ3n) is 6.57. The zero-order valence-corrected chi connectivity index (χ0v) is 27.4. The summed E-state index contributed by atoms with van der Waals surface area (Å²) in [5, 5.41) is 28.5. The van der Waals surface area contributed by atoms with Crippen LogP contribution >= 0.6 is 0 Å². The molecule has 0 amide bonds. The second kappa shape index (κ2) is 20.4. The van der Waals surface area contributed by atoms with Gasteiger partial charge in [-0.25, -0.2) is 24.2 Å². The van der Waals surface area contributed by atoms with Crippen LogP contribution in [0, 0.1) is 5.92 Å². The number of likely N-dealkylation sites (N-methyl/N-ethyl adjacent to an activating group) is 1. The van der Waals surface area contributed by atoms with Crippen LogP contribution in [-0.4, -0.2) is 135 Å². The first-order valence-corrected chi connectivity index (χ1v) is 14.1. The molecule has 306 valence electrons. The molecule has 54 heavy (non-hydrogen) atoms. The third kappa shape index (κ3) is 18.1. The monoisotopic (exact) mass is 810 g/mol. The second-order valence-corrected chi connectivity index (χ2v) is 10.7. The van der Waals surface area contributed by atoms with E-state index < -0.39 is 48.6 Å². The van der Waals surface area contributed by atoms with Crippen molar-refractivity contribution < 1.29 is 102 Å². The SMILES string of the molecule is COc1ncccc1CN1CC2(CC(COc3cccnc3)CN2C)C1.O=C(O)C(F)(F)F.O=C(O)C(F)(F)F.O=C(O)C(F)(F)F.O=C(O)C(F)(F)F. The summed E-state index contributed by atoms with van der Waals surface area (Å²) < 4.78 is 138. The standard InChI is InChI=1S/C20H26N4O2.4C2HF3O2/c1-23-11-16(13-26-18-6-4-7-21-10-18)9-20(23)14-24(15-20)12-17-5-3-8-22-19(17)25-2;4*3-2(4,5)1(6)7/h3-8,10,16H,9,11-15H2,1-2H3;4*(H,6,7). The van der Waals surface area contributed by atoms with Gasteiger partial charge in [0.25, 0.3) is 0 Å². The van der Waals surface area contributed by atoms with Crippen molar-refractivity contribution in [1.29, 1.82) is 0 Å². The first-order valence-electron chi connectivity index (χ1n) is 14.1. The number of methoxy groups -OCH3 is 1. The van der Waals surface area contributed by atoms with E-state index in [1.165, 1.54) is 6.42 Å². The largest absolute Gasteiger partial charge is 0.492 e. The van der Waals surface area contributed by atoms with Crippen LogP contribution in [0.15, 0.2) is 42.9 Å². The van der Waals surface area contributed by atoms with E-state index in [0.29, 0.717) is 11.5 Å². The van der Waals surface area contributed by atoms with Gasteiger partial charge in [-0.05, 0) is 31.7 Å². The molecule has 14 nitrogen and oxygen atoms in total. The number of hydrogen-bond acceptors (Lipinski definition) is 10. The molecular weight excluding hydrogens is 780 g/mol. The summed E-state index contributed by atoms with van der Waals surface area (Å²) in [7, 11) is 3.92. The molecule has 1 unspecified atom stereocenters. The van der Waals surface area contributed by atoms with Crippen molar-refractivity contribution in [3.8, 4) is 11.6 Å². The number of carboxylic acids is 4. The van der Waals surface area contributed by atoms with Crippen LogP contribution in [0.2, 0.25) is 0 Å². The summed E-state index contributed by atoms with van der Waals surface area (Å²) in [6.45, 7) is 4.91. The lowest BCUT2D eigenvalue weighted by Gasteiger charge is -2.52. The van der Waals surface area contributed by atoms with Gasteiger partial charge in [-0.3, -0.25) is 14.8 Å². The van der Waals surface area contributed by atoms with Gasteiger partial charge < -0.3 is 29.9 Å². The van der Waals surface area contributed by atoms with Gasteiger partial charge in [0, 0.05) is 55.6 Å². The number of hydrogen-bond donors (Lipinski definition) is 4. The Morgan fingerprint density at radius 1 is 0.778 bits per heavy atom. The summed E-state index contributed by atoms with van der Waals surface area (Å²) in [6.07, 6.45) is -13.8. The first kappa shape index (κ1) is 48.9. The van der Waals surface area contributed by atoms with Gasteiger partial charge in [0.05, 0.1) is 19.9 Å². The Labute approximate surface area is 295 Å². The van der Waals surface area contributed by atoms with Gasteiger partial charge in [0.15, 0.2) is 0 Å². The number of ether oxygens (including phenoxy) is 2. The van der Waals surface area contributed by atoms with Crippen LogP contribution in [0.4, 0.5) is 52.7 Å². The molecule has 1 spiro atoms. The summed E-state index contributed by atoms with van der Waals surface area (Å²) in [6, 6.07) is 7.95. The quantitative estimate of drug-likeness (QED) is 0.295. The van der Waals surface area contributed by atoms with E-state index in [0.717, 1.165) is 50.0 Å². The summed E-state index contributed by atoms with van der Waals surface area (Å²) in [5.74, 6) is -8.87. The molecule has 0 radical (unpaired) electrons. The van der Waals surface area contributed by atoms with Crippen molar-refractivity contribution in [2.45, 2.75) is 43.2 Å². The molecular formula is C28H30F12N4O10. The molecule has 2 aliphatic heterocycles. The molecule has 4 rings (SSSR count). The van der Waals surface area contributed by atoms with Crippen molar-refractivity contribution in [1.82, 2.24) is 19.8 Å². The maximum absolute atomic E-state index is 10.6. The topological polar surface area (TPSA) is 200 Å². The van der Waals surface area contributed by atoms with E-state index >= 15 is 0 Å². The van der Waals surface area contributed by atoms with E-state index in [1.54, 1.807) is 25.7 Å². The number of aliphatic carboxylic acids is 4. The normalized spacial score (nSPS) is 16.6. The van der Waals surface area contributed by atoms with E-state index in [1.807, 2.05) is 18.2 Å². The minimum atomic E-state index is -5.08. The average molecular weight is 811 g/mol. The molecule has 2 saturated heterocycles. The van der Waals surface area contributed by atoms with Crippen LogP contribution < -0.4 is 9.47 Å². The maximum Gasteiger partial charge on any atom is 0.490 e. The fourth-order valence-electron chi connectivity index (χ4n) is 4.33. The number of pyridine rings is 2. The number of carbonyl (C=O) groups is 4. The van der Waals surface area contributed by atoms with E-state index in [2.05, 4.69) is 32.9 Å². The molecule has 26 heteroatoms. The molecule has 2 aliphatic rings. The Balaban J connectivity index is 0.000000820. The minimum absolute atomic E-state index is 0.290. The van der Waals surface area contributed by atoms with E-state index in [-0.39, 0.29) is 0 Å². The van der Waals surface area contributed by atoms with Crippen LogP contribution in [0.3, 0.4) is 0 Å². The molecule has 0 aromatic carbocycles. The van der Waals surface area contributed by atoms with Gasteiger partial charge in [-0.1, -0.05) is 6.07 Å². The zero-order chi connectivity index (χ0) is 42.3. The van der Waals surface area contributed by atoms with Gasteiger partial charge in [-0.15, -0.1) is 0 Å². The number of carboxylic acid groups (broad SMARTS) is 4. The van der Waals surface area contributed by atoms with Crippen molar-refractivity contribution in [2.24, 2.45) is 5.92 Å². The lowest BCUT2D eigenvalue weighted by atomic mass is 9.84. The Morgan fingerprint density at radius 3 is 1.57 bits per heavy atom. The van der Waals surface area contributed by atoms with Crippen molar-refractivity contribution in [2.75, 3.05) is 40.4 Å². The Hall–Kier alpha value is -5.14. The highest BCUT2D eigenvalue weighted by molar-refractivity contribution is 5.74. The molecule has 1 atom stereocenters. The molecule has 0 saturated carbocycles. The first-order chi connectivity index (χ1) is 24.5. The molecule has 0 aliphatic carbocycles. The summed E-state index contributed by atoms with van der Waals surface area (Å²) in [4.78, 5) is 49.0. The third-order valence-corrected chi connectivity index (χ3v) is 6.57. The number of likely N-dealkylation sites (tertiary alicyclic amines) is 2. The van der Waals surface area contributed by atoms with Crippen LogP contribution in [0.25, 0.3) is 0 Å². The second-order valence-electron chi connectivity index (χ2n) is 10.7. The average Bonchev–Trinajstić information content (AvgIpc) is 3.36. The lowest BCUT2D eigenvalue weighted by Crippen LogP contribution is -2.66. The highest BCUT2D eigenvalue weighted by atomic mass is 19.4. The predicted molar refractivity (Wildman–Crippen MR) is 154 cm³/mol. The molecule has 2 aromatic heterocycles.